The molecule has 13 heavy (non-hydrogen) atoms. The molecule has 1 N–H and O–H groups in total. The molecule has 0 saturated heterocycles. The molecule has 1 aliphatic carbocycles. The summed E-state index contributed by atoms with van der Waals surface area (Å²) in [4.78, 5) is -0.371. The largest absolute Gasteiger partial charge is 0.290 e. The fraction of sp³-hybridized carbons (Fsp3) is 0.167. The molecule has 0 aromatic rings. The molecule has 1 aliphatic rings. The Kier molecular flexibility index (Phi) is 2.69. The number of allylic oxidation sites excluding steroid dienone is 4. The molecule has 0 atom stereocenters. The maximum atomic E-state index is 10.6. The highest BCUT2D eigenvalue weighted by molar-refractivity contribution is 7.90. The summed E-state index contributed by atoms with van der Waals surface area (Å²) in [6.45, 7) is 0. The Bertz CT molecular complexity index is 495. The van der Waals surface area contributed by atoms with Crippen molar-refractivity contribution in [3.8, 4) is 0 Å². The predicted molar refractivity (Wildman–Crippen MR) is 47.3 cm³/mol. The monoisotopic (exact) mass is 222 g/mol. The Hall–Kier alpha value is -0.920. The van der Waals surface area contributed by atoms with Crippen molar-refractivity contribution >= 4 is 25.3 Å². The average Bonchev–Trinajstić information content (AvgIpc) is 2.03. The minimum absolute atomic E-state index is 0.0601. The third-order valence-corrected chi connectivity index (χ3v) is 3.11. The SMILES string of the molecule is O=S(=O)=C1C=CC=C(S(=O)(=O)O)C1. The third kappa shape index (κ3) is 2.51. The fourth-order valence-corrected chi connectivity index (χ4v) is 1.99. The van der Waals surface area contributed by atoms with Crippen LogP contribution < -0.4 is 0 Å². The van der Waals surface area contributed by atoms with E-state index < -0.39 is 20.4 Å². The second kappa shape index (κ2) is 3.44. The second-order valence-corrected chi connectivity index (χ2v) is 4.81. The predicted octanol–water partition coefficient (Wildman–Crippen LogP) is -0.230. The van der Waals surface area contributed by atoms with E-state index in [-0.39, 0.29) is 16.2 Å². The first-order valence-electron chi connectivity index (χ1n) is 3.21. The lowest BCUT2D eigenvalue weighted by molar-refractivity contribution is 0.490. The van der Waals surface area contributed by atoms with Crippen LogP contribution in [0.5, 0.6) is 0 Å². The van der Waals surface area contributed by atoms with E-state index in [1.807, 2.05) is 0 Å². The Morgan fingerprint density at radius 3 is 2.46 bits per heavy atom. The van der Waals surface area contributed by atoms with Crippen molar-refractivity contribution in [3.63, 3.8) is 0 Å². The Morgan fingerprint density at radius 1 is 1.38 bits per heavy atom. The first-order chi connectivity index (χ1) is 5.91. The lowest BCUT2D eigenvalue weighted by Gasteiger charge is -2.04. The molecule has 72 valence electrons. The summed E-state index contributed by atoms with van der Waals surface area (Å²) < 4.78 is 50.7. The first-order valence-corrected chi connectivity index (χ1v) is 5.72. The molecule has 0 unspecified atom stereocenters. The zero-order chi connectivity index (χ0) is 10.1. The lowest BCUT2D eigenvalue weighted by Crippen LogP contribution is -2.09. The van der Waals surface area contributed by atoms with Crippen molar-refractivity contribution in [3.05, 3.63) is 23.1 Å². The lowest BCUT2D eigenvalue weighted by atomic mass is 10.2. The zero-order valence-electron chi connectivity index (χ0n) is 6.34. The van der Waals surface area contributed by atoms with Crippen LogP contribution in [-0.2, 0) is 20.4 Å². The van der Waals surface area contributed by atoms with Crippen molar-refractivity contribution < 1.29 is 21.4 Å². The average molecular weight is 222 g/mol. The van der Waals surface area contributed by atoms with Crippen molar-refractivity contribution in [2.75, 3.05) is 0 Å². The van der Waals surface area contributed by atoms with Gasteiger partial charge in [-0.05, 0) is 12.2 Å². The summed E-state index contributed by atoms with van der Waals surface area (Å²) in [6.07, 6.45) is 3.41. The van der Waals surface area contributed by atoms with Gasteiger partial charge in [-0.25, -0.2) is 0 Å². The van der Waals surface area contributed by atoms with Crippen molar-refractivity contribution in [2.24, 2.45) is 0 Å². The molecule has 0 spiro atoms. The fourth-order valence-electron chi connectivity index (χ4n) is 0.844. The summed E-state index contributed by atoms with van der Waals surface area (Å²) >= 11 is 0. The Balaban J connectivity index is 3.20. The molecular weight excluding hydrogens is 216 g/mol. The topological polar surface area (TPSA) is 88.5 Å². The Morgan fingerprint density at radius 2 is 2.00 bits per heavy atom. The number of rotatable bonds is 1. The van der Waals surface area contributed by atoms with Gasteiger partial charge in [0.05, 0.1) is 9.77 Å². The van der Waals surface area contributed by atoms with Gasteiger partial charge in [0.15, 0.2) is 0 Å². The molecule has 0 aromatic carbocycles. The summed E-state index contributed by atoms with van der Waals surface area (Å²) in [7, 11) is -6.72. The maximum absolute atomic E-state index is 10.6. The molecule has 0 aromatic heterocycles. The molecular formula is C6H6O5S2. The van der Waals surface area contributed by atoms with E-state index in [0.29, 0.717) is 0 Å². The van der Waals surface area contributed by atoms with Gasteiger partial charge < -0.3 is 0 Å². The highest BCUT2D eigenvalue weighted by Gasteiger charge is 2.17. The van der Waals surface area contributed by atoms with Crippen LogP contribution in [0.4, 0.5) is 0 Å². The minimum Gasteiger partial charge on any atom is -0.282 e. The van der Waals surface area contributed by atoms with Gasteiger partial charge in [0.1, 0.15) is 0 Å². The molecule has 0 aliphatic heterocycles. The van der Waals surface area contributed by atoms with Gasteiger partial charge in [-0.1, -0.05) is 6.08 Å². The van der Waals surface area contributed by atoms with Gasteiger partial charge in [-0.3, -0.25) is 4.55 Å². The summed E-state index contributed by atoms with van der Waals surface area (Å²) in [5, 5.41) is 0. The smallest absolute Gasteiger partial charge is 0.282 e. The maximum Gasteiger partial charge on any atom is 0.290 e. The van der Waals surface area contributed by atoms with Crippen LogP contribution in [0.25, 0.3) is 0 Å². The van der Waals surface area contributed by atoms with Gasteiger partial charge >= 0.3 is 0 Å². The van der Waals surface area contributed by atoms with Crippen molar-refractivity contribution in [2.45, 2.75) is 6.42 Å². The molecule has 5 nitrogen and oxygen atoms in total. The van der Waals surface area contributed by atoms with Crippen LogP contribution in [0, 0.1) is 0 Å². The molecule has 0 fully saturated rings. The van der Waals surface area contributed by atoms with E-state index in [1.165, 1.54) is 12.2 Å². The van der Waals surface area contributed by atoms with Crippen LogP contribution in [-0.4, -0.2) is 26.3 Å². The third-order valence-electron chi connectivity index (χ3n) is 1.46. The summed E-state index contributed by atoms with van der Waals surface area (Å²) in [5.41, 5.74) is 0. The highest BCUT2D eigenvalue weighted by atomic mass is 32.2. The van der Waals surface area contributed by atoms with Crippen molar-refractivity contribution in [1.29, 1.82) is 0 Å². The summed E-state index contributed by atoms with van der Waals surface area (Å²) in [5.74, 6) is 0. The molecule has 0 amide bonds. The van der Waals surface area contributed by atoms with Gasteiger partial charge in [0.2, 0.25) is 10.3 Å². The number of hydrogen-bond donors (Lipinski definition) is 1. The highest BCUT2D eigenvalue weighted by Crippen LogP contribution is 2.14. The molecule has 0 heterocycles. The quantitative estimate of drug-likeness (QED) is 0.489. The van der Waals surface area contributed by atoms with E-state index >= 15 is 0 Å². The molecule has 7 heteroatoms. The van der Waals surface area contributed by atoms with E-state index in [2.05, 4.69) is 0 Å². The van der Waals surface area contributed by atoms with Gasteiger partial charge in [0.25, 0.3) is 10.1 Å². The van der Waals surface area contributed by atoms with Gasteiger partial charge in [0, 0.05) is 6.42 Å². The van der Waals surface area contributed by atoms with E-state index in [4.69, 9.17) is 4.55 Å². The van der Waals surface area contributed by atoms with Gasteiger partial charge in [-0.2, -0.15) is 16.8 Å². The zero-order valence-corrected chi connectivity index (χ0v) is 7.97. The number of hydrogen-bond acceptors (Lipinski definition) is 4. The van der Waals surface area contributed by atoms with Crippen LogP contribution in [0.3, 0.4) is 0 Å². The van der Waals surface area contributed by atoms with Crippen LogP contribution in [0.15, 0.2) is 23.1 Å². The van der Waals surface area contributed by atoms with E-state index in [9.17, 15) is 16.8 Å². The van der Waals surface area contributed by atoms with Crippen LogP contribution in [0.1, 0.15) is 6.42 Å². The molecule has 0 radical (unpaired) electrons. The van der Waals surface area contributed by atoms with Crippen LogP contribution in [0.2, 0.25) is 0 Å². The minimum atomic E-state index is -4.28. The summed E-state index contributed by atoms with van der Waals surface area (Å²) in [6, 6.07) is 0. The van der Waals surface area contributed by atoms with E-state index in [0.717, 1.165) is 6.08 Å². The van der Waals surface area contributed by atoms with Crippen molar-refractivity contribution in [1.82, 2.24) is 0 Å². The standard InChI is InChI=1S/C6H6O5S2/c7-12(8)5-2-1-3-6(4-5)13(9,10)11/h1-3H,4H2,(H,9,10,11). The molecule has 0 saturated carbocycles. The molecule has 1 rings (SSSR count). The Labute approximate surface area is 76.7 Å². The second-order valence-electron chi connectivity index (χ2n) is 2.34. The van der Waals surface area contributed by atoms with Crippen LogP contribution >= 0.6 is 0 Å². The van der Waals surface area contributed by atoms with E-state index in [1.54, 1.807) is 0 Å². The normalized spacial score (nSPS) is 17.0. The van der Waals surface area contributed by atoms with Gasteiger partial charge in [-0.15, -0.1) is 0 Å². The molecule has 0 bridgehead atoms. The first kappa shape index (κ1) is 10.2.